The summed E-state index contributed by atoms with van der Waals surface area (Å²) in [6.07, 6.45) is 7.71. The molecule has 1 N–H and O–H groups in total. The molecule has 1 aliphatic rings. The minimum absolute atomic E-state index is 0.515. The highest BCUT2D eigenvalue weighted by atomic mass is 16.3. The number of hydrogen-bond acceptors (Lipinski definition) is 2. The van der Waals surface area contributed by atoms with Crippen LogP contribution in [0.4, 0.5) is 0 Å². The van der Waals surface area contributed by atoms with Crippen molar-refractivity contribution in [2.45, 2.75) is 12.5 Å². The van der Waals surface area contributed by atoms with Crippen LogP contribution in [0.25, 0.3) is 0 Å². The summed E-state index contributed by atoms with van der Waals surface area (Å²) >= 11 is 0. The minimum atomic E-state index is -1.21. The molecule has 2 nitrogen and oxygen atoms in total. The van der Waals surface area contributed by atoms with E-state index >= 15 is 0 Å². The normalized spacial score (nSPS) is 28.0. The van der Waals surface area contributed by atoms with E-state index in [4.69, 9.17) is 0 Å². The molecule has 0 saturated heterocycles. The van der Waals surface area contributed by atoms with Crippen molar-refractivity contribution < 1.29 is 9.90 Å². The Morgan fingerprint density at radius 3 is 2.88 bits per heavy atom. The first-order valence-electron chi connectivity index (χ1n) is 5.27. The second kappa shape index (κ2) is 4.06. The fourth-order valence-corrected chi connectivity index (χ4v) is 1.98. The number of allylic oxidation sites excluding steroid dienone is 2. The van der Waals surface area contributed by atoms with Gasteiger partial charge in [0.1, 0.15) is 11.9 Å². The van der Waals surface area contributed by atoms with E-state index < -0.39 is 11.5 Å². The van der Waals surface area contributed by atoms with E-state index in [9.17, 15) is 9.90 Å². The molecular formula is C14H14O2. The van der Waals surface area contributed by atoms with Crippen molar-refractivity contribution in [3.63, 3.8) is 0 Å². The standard InChI is InChI=1S/C14H14O2/c1-11-5-4-7-12(9-11)14(16)8-3-2-6-13(14)10-15/h2-10,13,16H,1H3. The molecule has 16 heavy (non-hydrogen) atoms. The van der Waals surface area contributed by atoms with E-state index in [0.29, 0.717) is 0 Å². The Kier molecular flexibility index (Phi) is 2.75. The van der Waals surface area contributed by atoms with Crippen LogP contribution < -0.4 is 0 Å². The van der Waals surface area contributed by atoms with Gasteiger partial charge in [0.2, 0.25) is 0 Å². The molecule has 0 spiro atoms. The first kappa shape index (κ1) is 10.8. The zero-order chi connectivity index (χ0) is 11.6. The Balaban J connectivity index is 2.48. The largest absolute Gasteiger partial charge is 0.380 e. The summed E-state index contributed by atoms with van der Waals surface area (Å²) in [6.45, 7) is 1.96. The van der Waals surface area contributed by atoms with Crippen LogP contribution in [0.3, 0.4) is 0 Å². The molecule has 82 valence electrons. The molecule has 0 bridgehead atoms. The predicted molar refractivity (Wildman–Crippen MR) is 62.9 cm³/mol. The van der Waals surface area contributed by atoms with Gasteiger partial charge in [-0.25, -0.2) is 0 Å². The van der Waals surface area contributed by atoms with Crippen molar-refractivity contribution in [2.24, 2.45) is 5.92 Å². The van der Waals surface area contributed by atoms with Gasteiger partial charge in [-0.15, -0.1) is 0 Å². The minimum Gasteiger partial charge on any atom is -0.380 e. The number of aliphatic hydroxyl groups is 1. The summed E-state index contributed by atoms with van der Waals surface area (Å²) < 4.78 is 0. The number of carbonyl (C=O) groups is 1. The van der Waals surface area contributed by atoms with Gasteiger partial charge in [-0.1, -0.05) is 48.1 Å². The number of benzene rings is 1. The predicted octanol–water partition coefficient (Wildman–Crippen LogP) is 2.12. The third-order valence-corrected chi connectivity index (χ3v) is 2.92. The quantitative estimate of drug-likeness (QED) is 0.766. The number of aryl methyl sites for hydroxylation is 1. The lowest BCUT2D eigenvalue weighted by molar-refractivity contribution is -0.115. The molecule has 0 radical (unpaired) electrons. The summed E-state index contributed by atoms with van der Waals surface area (Å²) in [6, 6.07) is 7.59. The number of carbonyl (C=O) groups excluding carboxylic acids is 1. The average Bonchev–Trinajstić information content (AvgIpc) is 2.30. The fraction of sp³-hybridized carbons (Fsp3) is 0.214. The third kappa shape index (κ3) is 1.72. The van der Waals surface area contributed by atoms with Gasteiger partial charge in [-0.2, -0.15) is 0 Å². The van der Waals surface area contributed by atoms with E-state index in [2.05, 4.69) is 0 Å². The van der Waals surface area contributed by atoms with E-state index in [1.807, 2.05) is 31.2 Å². The zero-order valence-electron chi connectivity index (χ0n) is 9.13. The van der Waals surface area contributed by atoms with Crippen molar-refractivity contribution in [1.29, 1.82) is 0 Å². The van der Waals surface area contributed by atoms with Crippen molar-refractivity contribution in [3.8, 4) is 0 Å². The van der Waals surface area contributed by atoms with Crippen molar-refractivity contribution in [2.75, 3.05) is 0 Å². The molecule has 0 amide bonds. The summed E-state index contributed by atoms with van der Waals surface area (Å²) in [5.74, 6) is -0.515. The molecule has 2 heteroatoms. The molecule has 2 unspecified atom stereocenters. The SMILES string of the molecule is Cc1cccc(C2(O)C=CC=CC2C=O)c1. The van der Waals surface area contributed by atoms with E-state index in [0.717, 1.165) is 17.4 Å². The first-order valence-corrected chi connectivity index (χ1v) is 5.27. The van der Waals surface area contributed by atoms with Crippen LogP contribution in [-0.2, 0) is 10.4 Å². The highest BCUT2D eigenvalue weighted by molar-refractivity contribution is 5.62. The summed E-state index contributed by atoms with van der Waals surface area (Å²) in [5.41, 5.74) is 0.617. The second-order valence-electron chi connectivity index (χ2n) is 4.10. The molecule has 0 saturated carbocycles. The highest BCUT2D eigenvalue weighted by Crippen LogP contribution is 2.33. The van der Waals surface area contributed by atoms with Crippen LogP contribution >= 0.6 is 0 Å². The molecule has 0 heterocycles. The molecular weight excluding hydrogens is 200 g/mol. The van der Waals surface area contributed by atoms with Crippen LogP contribution in [0, 0.1) is 12.8 Å². The van der Waals surface area contributed by atoms with Crippen molar-refractivity contribution in [1.82, 2.24) is 0 Å². The van der Waals surface area contributed by atoms with Gasteiger partial charge in [-0.05, 0) is 18.6 Å². The van der Waals surface area contributed by atoms with Crippen LogP contribution in [0.15, 0.2) is 48.6 Å². The molecule has 1 aliphatic carbocycles. The van der Waals surface area contributed by atoms with Crippen LogP contribution in [0.2, 0.25) is 0 Å². The monoisotopic (exact) mass is 214 g/mol. The molecule has 2 rings (SSSR count). The summed E-state index contributed by atoms with van der Waals surface area (Å²) in [4.78, 5) is 11.0. The lowest BCUT2D eigenvalue weighted by Gasteiger charge is -2.31. The lowest BCUT2D eigenvalue weighted by atomic mass is 9.79. The average molecular weight is 214 g/mol. The van der Waals surface area contributed by atoms with Gasteiger partial charge >= 0.3 is 0 Å². The smallest absolute Gasteiger partial charge is 0.130 e. The molecule has 0 fully saturated rings. The van der Waals surface area contributed by atoms with Gasteiger partial charge in [0.25, 0.3) is 0 Å². The molecule has 0 aromatic heterocycles. The number of hydrogen-bond donors (Lipinski definition) is 1. The maximum Gasteiger partial charge on any atom is 0.130 e. The Hall–Kier alpha value is -1.67. The number of aldehydes is 1. The van der Waals surface area contributed by atoms with E-state index in [1.54, 1.807) is 24.3 Å². The second-order valence-corrected chi connectivity index (χ2v) is 4.10. The summed E-state index contributed by atoms with van der Waals surface area (Å²) in [5, 5.41) is 10.6. The highest BCUT2D eigenvalue weighted by Gasteiger charge is 2.35. The lowest BCUT2D eigenvalue weighted by Crippen LogP contribution is -2.34. The fourth-order valence-electron chi connectivity index (χ4n) is 1.98. The van der Waals surface area contributed by atoms with Gasteiger partial charge in [0.15, 0.2) is 0 Å². The maximum atomic E-state index is 11.0. The van der Waals surface area contributed by atoms with Gasteiger partial charge in [0, 0.05) is 0 Å². The third-order valence-electron chi connectivity index (χ3n) is 2.92. The Labute approximate surface area is 94.9 Å². The molecule has 1 aromatic carbocycles. The van der Waals surface area contributed by atoms with Crippen molar-refractivity contribution in [3.05, 3.63) is 59.7 Å². The van der Waals surface area contributed by atoms with Crippen molar-refractivity contribution >= 4 is 6.29 Å². The van der Waals surface area contributed by atoms with E-state index in [1.165, 1.54) is 0 Å². The maximum absolute atomic E-state index is 11.0. The number of rotatable bonds is 2. The van der Waals surface area contributed by atoms with Gasteiger partial charge in [-0.3, -0.25) is 0 Å². The van der Waals surface area contributed by atoms with Crippen LogP contribution in [0.1, 0.15) is 11.1 Å². The van der Waals surface area contributed by atoms with E-state index in [-0.39, 0.29) is 0 Å². The Bertz CT molecular complexity index is 460. The summed E-state index contributed by atoms with van der Waals surface area (Å²) in [7, 11) is 0. The van der Waals surface area contributed by atoms with Gasteiger partial charge in [0.05, 0.1) is 5.92 Å². The molecule has 0 aliphatic heterocycles. The zero-order valence-corrected chi connectivity index (χ0v) is 9.13. The first-order chi connectivity index (χ1) is 7.66. The molecule has 1 aromatic rings. The Morgan fingerprint density at radius 1 is 1.38 bits per heavy atom. The topological polar surface area (TPSA) is 37.3 Å². The van der Waals surface area contributed by atoms with Gasteiger partial charge < -0.3 is 9.90 Å². The van der Waals surface area contributed by atoms with Crippen LogP contribution in [-0.4, -0.2) is 11.4 Å². The van der Waals surface area contributed by atoms with Crippen LogP contribution in [0.5, 0.6) is 0 Å². The molecule has 2 atom stereocenters. The Morgan fingerprint density at radius 2 is 2.19 bits per heavy atom.